The fraction of sp³-hybridized carbons (Fsp3) is 0. The summed E-state index contributed by atoms with van der Waals surface area (Å²) < 4.78 is 0. The van der Waals surface area contributed by atoms with E-state index in [-0.39, 0.29) is 0 Å². The van der Waals surface area contributed by atoms with Gasteiger partial charge in [0.2, 0.25) is 0 Å². The first-order valence-electron chi connectivity index (χ1n) is 5.37. The second-order valence-corrected chi connectivity index (χ2v) is 3.87. The molecule has 3 rings (SSSR count). The van der Waals surface area contributed by atoms with Crippen LogP contribution < -0.4 is 0 Å². The zero-order valence-electron chi connectivity index (χ0n) is 9.25. The molecule has 0 aliphatic carbocycles. The molecule has 0 amide bonds. The van der Waals surface area contributed by atoms with E-state index >= 15 is 0 Å². The molecule has 0 atom stereocenters. The number of benzene rings is 2. The van der Waals surface area contributed by atoms with E-state index in [1.807, 2.05) is 66.7 Å². The van der Waals surface area contributed by atoms with Crippen LogP contribution in [0.15, 0.2) is 72.8 Å². The van der Waals surface area contributed by atoms with Gasteiger partial charge in [-0.3, -0.25) is 0 Å². The fourth-order valence-electron chi connectivity index (χ4n) is 1.43. The van der Waals surface area contributed by atoms with Gasteiger partial charge < -0.3 is 0 Å². The number of fused-ring (bicyclic) bond motifs is 1. The molecule has 0 bridgehead atoms. The number of aromatic nitrogens is 1. The van der Waals surface area contributed by atoms with Gasteiger partial charge in [-0.1, -0.05) is 66.2 Å². The molecular formula is C15H12ClN. The summed E-state index contributed by atoms with van der Waals surface area (Å²) in [6.45, 7) is 0. The lowest BCUT2D eigenvalue weighted by Gasteiger charge is -1.94. The molecule has 1 heterocycles. The smallest absolute Gasteiger partial charge is 0.129 e. The van der Waals surface area contributed by atoms with Crippen LogP contribution in [0.3, 0.4) is 0 Å². The van der Waals surface area contributed by atoms with E-state index in [1.54, 1.807) is 6.07 Å². The third-order valence-corrected chi connectivity index (χ3v) is 2.44. The van der Waals surface area contributed by atoms with Crippen LogP contribution in [0, 0.1) is 0 Å². The molecule has 0 radical (unpaired) electrons. The first-order valence-corrected chi connectivity index (χ1v) is 5.75. The minimum atomic E-state index is 0.545. The Morgan fingerprint density at radius 2 is 1.24 bits per heavy atom. The van der Waals surface area contributed by atoms with Gasteiger partial charge in [0.25, 0.3) is 0 Å². The Hall–Kier alpha value is -1.86. The SMILES string of the molecule is Clc1ccc2ccccc2n1.c1ccccc1. The zero-order valence-corrected chi connectivity index (χ0v) is 10.0. The lowest BCUT2D eigenvalue weighted by Crippen LogP contribution is -1.76. The second kappa shape index (κ2) is 6.02. The van der Waals surface area contributed by atoms with Crippen molar-refractivity contribution in [3.8, 4) is 0 Å². The summed E-state index contributed by atoms with van der Waals surface area (Å²) in [6, 6.07) is 23.7. The molecule has 0 aliphatic rings. The molecule has 17 heavy (non-hydrogen) atoms. The van der Waals surface area contributed by atoms with Crippen molar-refractivity contribution in [2.45, 2.75) is 0 Å². The Kier molecular flexibility index (Phi) is 4.11. The molecule has 1 aromatic heterocycles. The van der Waals surface area contributed by atoms with Gasteiger partial charge in [0.15, 0.2) is 0 Å². The van der Waals surface area contributed by atoms with Crippen molar-refractivity contribution in [1.82, 2.24) is 4.98 Å². The van der Waals surface area contributed by atoms with Crippen LogP contribution in [-0.4, -0.2) is 4.98 Å². The van der Waals surface area contributed by atoms with Crippen molar-refractivity contribution in [1.29, 1.82) is 0 Å². The topological polar surface area (TPSA) is 12.9 Å². The van der Waals surface area contributed by atoms with E-state index in [0.29, 0.717) is 5.15 Å². The molecule has 0 N–H and O–H groups in total. The second-order valence-electron chi connectivity index (χ2n) is 3.48. The number of hydrogen-bond donors (Lipinski definition) is 0. The highest BCUT2D eigenvalue weighted by atomic mass is 35.5. The molecule has 0 unspecified atom stereocenters. The number of nitrogens with zero attached hydrogens (tertiary/aromatic N) is 1. The maximum Gasteiger partial charge on any atom is 0.129 e. The largest absolute Gasteiger partial charge is 0.236 e. The molecule has 0 fully saturated rings. The standard InChI is InChI=1S/C9H6ClN.C6H6/c10-9-6-5-7-3-1-2-4-8(7)11-9;1-2-4-6-5-3-1/h1-6H;1-6H. The number of rotatable bonds is 0. The maximum absolute atomic E-state index is 5.71. The average Bonchev–Trinajstić information content (AvgIpc) is 2.41. The summed E-state index contributed by atoms with van der Waals surface area (Å²) in [5, 5.41) is 1.67. The Balaban J connectivity index is 0.000000153. The third-order valence-electron chi connectivity index (χ3n) is 2.23. The molecule has 0 spiro atoms. The quantitative estimate of drug-likeness (QED) is 0.525. The van der Waals surface area contributed by atoms with Crippen LogP contribution in [0.4, 0.5) is 0 Å². The zero-order chi connectivity index (χ0) is 11.9. The highest BCUT2D eigenvalue weighted by molar-refractivity contribution is 6.29. The first-order chi connectivity index (χ1) is 8.36. The Labute approximate surface area is 106 Å². The summed E-state index contributed by atoms with van der Waals surface area (Å²) in [7, 11) is 0. The van der Waals surface area contributed by atoms with Gasteiger partial charge >= 0.3 is 0 Å². The maximum atomic E-state index is 5.71. The summed E-state index contributed by atoms with van der Waals surface area (Å²) >= 11 is 5.71. The lowest BCUT2D eigenvalue weighted by atomic mass is 10.2. The van der Waals surface area contributed by atoms with Gasteiger partial charge in [-0.15, -0.1) is 0 Å². The number of hydrogen-bond acceptors (Lipinski definition) is 1. The van der Waals surface area contributed by atoms with Crippen LogP contribution in [0.5, 0.6) is 0 Å². The van der Waals surface area contributed by atoms with Gasteiger partial charge in [0.05, 0.1) is 5.52 Å². The van der Waals surface area contributed by atoms with E-state index in [1.165, 1.54) is 0 Å². The minimum Gasteiger partial charge on any atom is -0.236 e. The summed E-state index contributed by atoms with van der Waals surface area (Å²) in [4.78, 5) is 4.14. The molecule has 1 nitrogen and oxygen atoms in total. The van der Waals surface area contributed by atoms with Crippen molar-refractivity contribution in [3.63, 3.8) is 0 Å². The summed E-state index contributed by atoms with van der Waals surface area (Å²) in [5.41, 5.74) is 0.944. The molecule has 2 heteroatoms. The Bertz CT molecular complexity index is 552. The van der Waals surface area contributed by atoms with Crippen LogP contribution in [-0.2, 0) is 0 Å². The average molecular weight is 242 g/mol. The highest BCUT2D eigenvalue weighted by Gasteiger charge is 1.92. The monoisotopic (exact) mass is 241 g/mol. The van der Waals surface area contributed by atoms with Crippen molar-refractivity contribution >= 4 is 22.5 Å². The van der Waals surface area contributed by atoms with E-state index in [9.17, 15) is 0 Å². The molecule has 0 saturated carbocycles. The molecule has 84 valence electrons. The lowest BCUT2D eigenvalue weighted by molar-refractivity contribution is 1.41. The normalized spacial score (nSPS) is 9.47. The number of halogens is 1. The molecule has 0 aliphatic heterocycles. The van der Waals surface area contributed by atoms with Gasteiger partial charge in [0.1, 0.15) is 5.15 Å². The minimum absolute atomic E-state index is 0.545. The predicted molar refractivity (Wildman–Crippen MR) is 73.2 cm³/mol. The van der Waals surface area contributed by atoms with Gasteiger partial charge in [-0.05, 0) is 18.2 Å². The molecule has 3 aromatic rings. The van der Waals surface area contributed by atoms with E-state index < -0.39 is 0 Å². The summed E-state index contributed by atoms with van der Waals surface area (Å²) in [6.07, 6.45) is 0. The van der Waals surface area contributed by atoms with E-state index in [0.717, 1.165) is 10.9 Å². The highest BCUT2D eigenvalue weighted by Crippen LogP contribution is 2.13. The predicted octanol–water partition coefficient (Wildman–Crippen LogP) is 4.57. The van der Waals surface area contributed by atoms with Crippen molar-refractivity contribution in [2.75, 3.05) is 0 Å². The van der Waals surface area contributed by atoms with Crippen LogP contribution in [0.1, 0.15) is 0 Å². The van der Waals surface area contributed by atoms with Crippen molar-refractivity contribution in [3.05, 3.63) is 77.9 Å². The number of pyridine rings is 1. The Morgan fingerprint density at radius 1 is 0.647 bits per heavy atom. The van der Waals surface area contributed by atoms with Gasteiger partial charge in [-0.25, -0.2) is 4.98 Å². The summed E-state index contributed by atoms with van der Waals surface area (Å²) in [5.74, 6) is 0. The first kappa shape index (κ1) is 11.6. The van der Waals surface area contributed by atoms with Crippen molar-refractivity contribution < 1.29 is 0 Å². The van der Waals surface area contributed by atoms with Crippen LogP contribution in [0.2, 0.25) is 5.15 Å². The molecule has 2 aromatic carbocycles. The molecular weight excluding hydrogens is 230 g/mol. The van der Waals surface area contributed by atoms with Gasteiger partial charge in [-0.2, -0.15) is 0 Å². The number of para-hydroxylation sites is 1. The fourth-order valence-corrected chi connectivity index (χ4v) is 1.58. The van der Waals surface area contributed by atoms with Crippen LogP contribution in [0.25, 0.3) is 10.9 Å². The van der Waals surface area contributed by atoms with Crippen LogP contribution >= 0.6 is 11.6 Å². The van der Waals surface area contributed by atoms with Crippen molar-refractivity contribution in [2.24, 2.45) is 0 Å². The van der Waals surface area contributed by atoms with E-state index in [4.69, 9.17) is 11.6 Å². The van der Waals surface area contributed by atoms with Gasteiger partial charge in [0, 0.05) is 5.39 Å². The third kappa shape index (κ3) is 3.58. The van der Waals surface area contributed by atoms with E-state index in [2.05, 4.69) is 4.98 Å². The molecule has 0 saturated heterocycles. The Morgan fingerprint density at radius 3 is 1.88 bits per heavy atom.